The zero-order valence-electron chi connectivity index (χ0n) is 12.7. The lowest BCUT2D eigenvalue weighted by Gasteiger charge is -2.44. The molecule has 2 rings (SSSR count). The zero-order chi connectivity index (χ0) is 14.8. The lowest BCUT2D eigenvalue weighted by Crippen LogP contribution is -2.54. The van der Waals surface area contributed by atoms with E-state index in [2.05, 4.69) is 12.1 Å². The summed E-state index contributed by atoms with van der Waals surface area (Å²) in [5.74, 6) is 0.166. The van der Waals surface area contributed by atoms with Gasteiger partial charge in [0.05, 0.1) is 11.0 Å². The molecule has 0 bridgehead atoms. The van der Waals surface area contributed by atoms with Gasteiger partial charge in [-0.15, -0.1) is 0 Å². The van der Waals surface area contributed by atoms with E-state index < -0.39 is 5.60 Å². The molecule has 1 aliphatic carbocycles. The average Bonchev–Trinajstić information content (AvgIpc) is 2.35. The van der Waals surface area contributed by atoms with Crippen molar-refractivity contribution in [1.82, 2.24) is 4.90 Å². The molecular weight excluding hydrogens is 250 g/mol. The smallest absolute Gasteiger partial charge is 0.233 e. The SMILES string of the molecule is CCN(CC(C)(C)O)C(=O)C1(c2ccccc2)CCC1. The summed E-state index contributed by atoms with van der Waals surface area (Å²) < 4.78 is 0. The van der Waals surface area contributed by atoms with Crippen molar-refractivity contribution in [3.8, 4) is 0 Å². The van der Waals surface area contributed by atoms with E-state index in [1.165, 1.54) is 0 Å². The van der Waals surface area contributed by atoms with E-state index in [0.29, 0.717) is 13.1 Å². The van der Waals surface area contributed by atoms with E-state index in [1.807, 2.05) is 25.1 Å². The quantitative estimate of drug-likeness (QED) is 0.897. The maximum atomic E-state index is 13.0. The van der Waals surface area contributed by atoms with E-state index in [1.54, 1.807) is 18.7 Å². The largest absolute Gasteiger partial charge is 0.389 e. The van der Waals surface area contributed by atoms with E-state index >= 15 is 0 Å². The Balaban J connectivity index is 2.25. The van der Waals surface area contributed by atoms with Gasteiger partial charge in [0.2, 0.25) is 5.91 Å². The van der Waals surface area contributed by atoms with Crippen LogP contribution in [0.5, 0.6) is 0 Å². The van der Waals surface area contributed by atoms with Crippen LogP contribution in [-0.2, 0) is 10.2 Å². The molecule has 0 heterocycles. The van der Waals surface area contributed by atoms with Crippen LogP contribution in [0.15, 0.2) is 30.3 Å². The number of aliphatic hydroxyl groups is 1. The van der Waals surface area contributed by atoms with Crippen LogP contribution in [0.25, 0.3) is 0 Å². The highest BCUT2D eigenvalue weighted by Gasteiger charge is 2.47. The molecule has 0 spiro atoms. The second kappa shape index (κ2) is 5.57. The van der Waals surface area contributed by atoms with Crippen LogP contribution in [0, 0.1) is 0 Å². The molecule has 0 unspecified atom stereocenters. The first-order valence-electron chi connectivity index (χ1n) is 7.46. The standard InChI is InChI=1S/C17H25NO2/c1-4-18(13-16(2,3)20)15(19)17(11-8-12-17)14-9-6-5-7-10-14/h5-7,9-10,20H,4,8,11-13H2,1-3H3. The van der Waals surface area contributed by atoms with Gasteiger partial charge in [0.15, 0.2) is 0 Å². The Morgan fingerprint density at radius 1 is 1.30 bits per heavy atom. The minimum atomic E-state index is -0.854. The Bertz CT molecular complexity index is 458. The normalized spacial score (nSPS) is 17.4. The van der Waals surface area contributed by atoms with Crippen molar-refractivity contribution in [2.24, 2.45) is 0 Å². The van der Waals surface area contributed by atoms with Crippen molar-refractivity contribution in [1.29, 1.82) is 0 Å². The highest BCUT2D eigenvalue weighted by atomic mass is 16.3. The summed E-state index contributed by atoms with van der Waals surface area (Å²) in [5.41, 5.74) is -0.0963. The van der Waals surface area contributed by atoms with Crippen LogP contribution in [0.2, 0.25) is 0 Å². The van der Waals surface area contributed by atoms with Gasteiger partial charge in [-0.05, 0) is 39.2 Å². The average molecular weight is 275 g/mol. The topological polar surface area (TPSA) is 40.5 Å². The number of likely N-dealkylation sites (N-methyl/N-ethyl adjacent to an activating group) is 1. The molecule has 0 radical (unpaired) electrons. The molecule has 1 amide bonds. The predicted octanol–water partition coefficient (Wildman–Crippen LogP) is 2.73. The maximum Gasteiger partial charge on any atom is 0.233 e. The Hall–Kier alpha value is -1.35. The summed E-state index contributed by atoms with van der Waals surface area (Å²) in [6.07, 6.45) is 2.93. The molecule has 0 saturated heterocycles. The van der Waals surface area contributed by atoms with Crippen LogP contribution >= 0.6 is 0 Å². The third-order valence-corrected chi connectivity index (χ3v) is 4.19. The molecule has 0 aromatic heterocycles. The maximum absolute atomic E-state index is 13.0. The highest BCUT2D eigenvalue weighted by molar-refractivity contribution is 5.89. The molecule has 0 aliphatic heterocycles. The molecule has 3 heteroatoms. The lowest BCUT2D eigenvalue weighted by atomic mass is 9.63. The van der Waals surface area contributed by atoms with Gasteiger partial charge in [-0.3, -0.25) is 4.79 Å². The van der Waals surface area contributed by atoms with Crippen molar-refractivity contribution in [3.05, 3.63) is 35.9 Å². The van der Waals surface area contributed by atoms with E-state index in [0.717, 1.165) is 24.8 Å². The first-order chi connectivity index (χ1) is 9.39. The Kier molecular flexibility index (Phi) is 4.19. The number of nitrogens with zero attached hydrogens (tertiary/aromatic N) is 1. The summed E-state index contributed by atoms with van der Waals surface area (Å²) in [4.78, 5) is 14.8. The van der Waals surface area contributed by atoms with Crippen LogP contribution in [0.3, 0.4) is 0 Å². The fourth-order valence-electron chi connectivity index (χ4n) is 3.01. The van der Waals surface area contributed by atoms with E-state index in [4.69, 9.17) is 0 Å². The molecule has 1 aromatic rings. The molecular formula is C17H25NO2. The third-order valence-electron chi connectivity index (χ3n) is 4.19. The van der Waals surface area contributed by atoms with Gasteiger partial charge < -0.3 is 10.0 Å². The van der Waals surface area contributed by atoms with Crippen molar-refractivity contribution in [2.75, 3.05) is 13.1 Å². The minimum absolute atomic E-state index is 0.166. The summed E-state index contributed by atoms with van der Waals surface area (Å²) >= 11 is 0. The molecule has 1 N–H and O–H groups in total. The van der Waals surface area contributed by atoms with Gasteiger partial charge in [-0.1, -0.05) is 36.8 Å². The molecule has 20 heavy (non-hydrogen) atoms. The fourth-order valence-corrected chi connectivity index (χ4v) is 3.01. The molecule has 1 saturated carbocycles. The van der Waals surface area contributed by atoms with Crippen molar-refractivity contribution >= 4 is 5.91 Å². The highest BCUT2D eigenvalue weighted by Crippen LogP contribution is 2.45. The molecule has 1 aliphatic rings. The Morgan fingerprint density at radius 3 is 2.30 bits per heavy atom. The third kappa shape index (κ3) is 2.88. The van der Waals surface area contributed by atoms with Gasteiger partial charge >= 0.3 is 0 Å². The second-order valence-electron chi connectivity index (χ2n) is 6.43. The van der Waals surface area contributed by atoms with Gasteiger partial charge in [-0.25, -0.2) is 0 Å². The van der Waals surface area contributed by atoms with Crippen molar-refractivity contribution < 1.29 is 9.90 Å². The molecule has 1 aromatic carbocycles. The molecule has 0 atom stereocenters. The monoisotopic (exact) mass is 275 g/mol. The number of hydrogen-bond acceptors (Lipinski definition) is 2. The zero-order valence-corrected chi connectivity index (χ0v) is 12.7. The second-order valence-corrected chi connectivity index (χ2v) is 6.43. The van der Waals surface area contributed by atoms with Crippen LogP contribution in [0.1, 0.15) is 45.6 Å². The van der Waals surface area contributed by atoms with E-state index in [-0.39, 0.29) is 11.3 Å². The van der Waals surface area contributed by atoms with Crippen LogP contribution in [0.4, 0.5) is 0 Å². The van der Waals surface area contributed by atoms with E-state index in [9.17, 15) is 9.90 Å². The minimum Gasteiger partial charge on any atom is -0.389 e. The van der Waals surface area contributed by atoms with Crippen molar-refractivity contribution in [3.63, 3.8) is 0 Å². The van der Waals surface area contributed by atoms with Gasteiger partial charge in [0, 0.05) is 13.1 Å². The van der Waals surface area contributed by atoms with Gasteiger partial charge in [-0.2, -0.15) is 0 Å². The Labute approximate surface area is 121 Å². The molecule has 1 fully saturated rings. The molecule has 3 nitrogen and oxygen atoms in total. The predicted molar refractivity (Wildman–Crippen MR) is 80.5 cm³/mol. The lowest BCUT2D eigenvalue weighted by molar-refractivity contribution is -0.143. The Morgan fingerprint density at radius 2 is 1.90 bits per heavy atom. The first kappa shape index (κ1) is 15.0. The number of carbonyl (C=O) groups excluding carboxylic acids is 1. The van der Waals surface area contributed by atoms with Crippen molar-refractivity contribution in [2.45, 2.75) is 51.0 Å². The summed E-state index contributed by atoms with van der Waals surface area (Å²) in [7, 11) is 0. The number of carbonyl (C=O) groups is 1. The van der Waals surface area contributed by atoms with Crippen LogP contribution in [-0.4, -0.2) is 34.6 Å². The summed E-state index contributed by atoms with van der Waals surface area (Å²) in [6, 6.07) is 10.1. The summed E-state index contributed by atoms with van der Waals surface area (Å²) in [6.45, 7) is 6.49. The van der Waals surface area contributed by atoms with Gasteiger partial charge in [0.1, 0.15) is 0 Å². The summed E-state index contributed by atoms with van der Waals surface area (Å²) in [5, 5.41) is 10.0. The molecule has 110 valence electrons. The van der Waals surface area contributed by atoms with Crippen LogP contribution < -0.4 is 0 Å². The number of rotatable bonds is 5. The number of hydrogen-bond donors (Lipinski definition) is 1. The number of amides is 1. The van der Waals surface area contributed by atoms with Gasteiger partial charge in [0.25, 0.3) is 0 Å². The fraction of sp³-hybridized carbons (Fsp3) is 0.588. The number of benzene rings is 1. The first-order valence-corrected chi connectivity index (χ1v) is 7.46.